The molecule has 1 amide bonds. The van der Waals surface area contributed by atoms with Crippen LogP contribution in [0.3, 0.4) is 0 Å². The summed E-state index contributed by atoms with van der Waals surface area (Å²) < 4.78 is 11.0. The van der Waals surface area contributed by atoms with Crippen molar-refractivity contribution in [1.29, 1.82) is 0 Å². The number of nitrogens with zero attached hydrogens (tertiary/aromatic N) is 1. The number of rotatable bonds is 6. The molecule has 1 aliphatic heterocycles. The van der Waals surface area contributed by atoms with Crippen LogP contribution in [0.1, 0.15) is 19.8 Å². The summed E-state index contributed by atoms with van der Waals surface area (Å²) in [6, 6.07) is 15.3. The average Bonchev–Trinajstić information content (AvgIpc) is 3.17. The number of hydrogen-bond donors (Lipinski definition) is 1. The second-order valence-electron chi connectivity index (χ2n) is 6.14. The molecule has 0 spiro atoms. The molecule has 1 N–H and O–H groups in total. The molecule has 0 bridgehead atoms. The number of amides is 1. The molecule has 1 atom stereocenters. The van der Waals surface area contributed by atoms with Gasteiger partial charge in [0.05, 0.1) is 7.11 Å². The zero-order valence-corrected chi connectivity index (χ0v) is 14.7. The third kappa shape index (κ3) is 4.24. The van der Waals surface area contributed by atoms with E-state index in [9.17, 15) is 4.79 Å². The number of nitrogens with one attached hydrogen (secondary N) is 1. The van der Waals surface area contributed by atoms with Gasteiger partial charge in [-0.05, 0) is 56.2 Å². The van der Waals surface area contributed by atoms with Gasteiger partial charge < -0.3 is 19.7 Å². The average molecular weight is 340 g/mol. The van der Waals surface area contributed by atoms with Crippen LogP contribution in [-0.4, -0.2) is 32.2 Å². The van der Waals surface area contributed by atoms with Crippen LogP contribution >= 0.6 is 0 Å². The summed E-state index contributed by atoms with van der Waals surface area (Å²) in [5.41, 5.74) is 1.97. The molecular weight excluding hydrogens is 316 g/mol. The lowest BCUT2D eigenvalue weighted by atomic mass is 10.2. The molecule has 2 aromatic rings. The highest BCUT2D eigenvalue weighted by Crippen LogP contribution is 2.27. The second kappa shape index (κ2) is 7.92. The maximum Gasteiger partial charge on any atom is 0.265 e. The first kappa shape index (κ1) is 17.1. The first-order valence-electron chi connectivity index (χ1n) is 8.63. The molecule has 0 saturated carbocycles. The van der Waals surface area contributed by atoms with Crippen LogP contribution < -0.4 is 19.7 Å². The molecule has 1 heterocycles. The van der Waals surface area contributed by atoms with E-state index in [0.717, 1.165) is 18.8 Å². The molecule has 5 nitrogen and oxygen atoms in total. The molecule has 5 heteroatoms. The molecule has 25 heavy (non-hydrogen) atoms. The Morgan fingerprint density at radius 2 is 1.68 bits per heavy atom. The van der Waals surface area contributed by atoms with Crippen LogP contribution in [0.5, 0.6) is 11.5 Å². The Bertz CT molecular complexity index is 709. The van der Waals surface area contributed by atoms with Crippen LogP contribution in [0, 0.1) is 0 Å². The molecule has 1 aliphatic rings. The van der Waals surface area contributed by atoms with E-state index in [2.05, 4.69) is 10.2 Å². The lowest BCUT2D eigenvalue weighted by Gasteiger charge is -2.19. The SMILES string of the molecule is COc1ccccc1O[C@H](C)C(=O)Nc1ccc(N2CCCC2)cc1. The maximum atomic E-state index is 12.4. The van der Waals surface area contributed by atoms with E-state index in [1.165, 1.54) is 18.5 Å². The number of methoxy groups -OCH3 is 1. The van der Waals surface area contributed by atoms with Crippen molar-refractivity contribution in [1.82, 2.24) is 0 Å². The Morgan fingerprint density at radius 3 is 2.32 bits per heavy atom. The zero-order chi connectivity index (χ0) is 17.6. The molecule has 0 aliphatic carbocycles. The van der Waals surface area contributed by atoms with Crippen LogP contribution in [0.25, 0.3) is 0 Å². The maximum absolute atomic E-state index is 12.4. The van der Waals surface area contributed by atoms with Gasteiger partial charge in [-0.2, -0.15) is 0 Å². The van der Waals surface area contributed by atoms with Crippen LogP contribution in [0.4, 0.5) is 11.4 Å². The molecule has 132 valence electrons. The minimum atomic E-state index is -0.630. The summed E-state index contributed by atoms with van der Waals surface area (Å²) in [7, 11) is 1.58. The van der Waals surface area contributed by atoms with Gasteiger partial charge in [0, 0.05) is 24.5 Å². The lowest BCUT2D eigenvalue weighted by molar-refractivity contribution is -0.122. The smallest absolute Gasteiger partial charge is 0.265 e. The molecule has 0 aromatic heterocycles. The number of para-hydroxylation sites is 2. The van der Waals surface area contributed by atoms with Gasteiger partial charge in [0.2, 0.25) is 0 Å². The van der Waals surface area contributed by atoms with Crippen LogP contribution in [0.2, 0.25) is 0 Å². The number of ether oxygens (including phenoxy) is 2. The molecule has 3 rings (SSSR count). The second-order valence-corrected chi connectivity index (χ2v) is 6.14. The number of carbonyl (C=O) groups excluding carboxylic acids is 1. The van der Waals surface area contributed by atoms with Gasteiger partial charge in [0.15, 0.2) is 17.6 Å². The van der Waals surface area contributed by atoms with Crippen molar-refractivity contribution < 1.29 is 14.3 Å². The van der Waals surface area contributed by atoms with E-state index in [4.69, 9.17) is 9.47 Å². The minimum absolute atomic E-state index is 0.195. The highest BCUT2D eigenvalue weighted by Gasteiger charge is 2.17. The first-order chi connectivity index (χ1) is 12.2. The van der Waals surface area contributed by atoms with Crippen molar-refractivity contribution in [2.75, 3.05) is 30.4 Å². The lowest BCUT2D eigenvalue weighted by Crippen LogP contribution is -2.30. The fraction of sp³-hybridized carbons (Fsp3) is 0.350. The summed E-state index contributed by atoms with van der Waals surface area (Å²) in [6.45, 7) is 3.94. The summed E-state index contributed by atoms with van der Waals surface area (Å²) >= 11 is 0. The van der Waals surface area contributed by atoms with E-state index in [1.54, 1.807) is 26.2 Å². The van der Waals surface area contributed by atoms with Crippen LogP contribution in [0.15, 0.2) is 48.5 Å². The number of anilines is 2. The van der Waals surface area contributed by atoms with Gasteiger partial charge >= 0.3 is 0 Å². The number of hydrogen-bond acceptors (Lipinski definition) is 4. The van der Waals surface area contributed by atoms with Crippen molar-refractivity contribution in [2.45, 2.75) is 25.9 Å². The van der Waals surface area contributed by atoms with Crippen molar-refractivity contribution in [3.8, 4) is 11.5 Å². The first-order valence-corrected chi connectivity index (χ1v) is 8.63. The molecule has 1 fully saturated rings. The molecule has 0 radical (unpaired) electrons. The standard InChI is InChI=1S/C20H24N2O3/c1-15(25-19-8-4-3-7-18(19)24-2)20(23)21-16-9-11-17(12-10-16)22-13-5-6-14-22/h3-4,7-12,15H,5-6,13-14H2,1-2H3,(H,21,23)/t15-/m1/s1. The summed E-state index contributed by atoms with van der Waals surface area (Å²) in [6.07, 6.45) is 1.86. The van der Waals surface area contributed by atoms with Gasteiger partial charge in [-0.3, -0.25) is 4.79 Å². The van der Waals surface area contributed by atoms with Crippen molar-refractivity contribution >= 4 is 17.3 Å². The van der Waals surface area contributed by atoms with Gasteiger partial charge in [-0.25, -0.2) is 0 Å². The van der Waals surface area contributed by atoms with E-state index >= 15 is 0 Å². The fourth-order valence-corrected chi connectivity index (χ4v) is 2.93. The highest BCUT2D eigenvalue weighted by molar-refractivity contribution is 5.94. The Hall–Kier alpha value is -2.69. The van der Waals surface area contributed by atoms with Crippen molar-refractivity contribution in [3.63, 3.8) is 0 Å². The normalized spacial score (nSPS) is 14.9. The van der Waals surface area contributed by atoms with E-state index in [0.29, 0.717) is 11.5 Å². The zero-order valence-electron chi connectivity index (χ0n) is 14.7. The molecular formula is C20H24N2O3. The third-order valence-electron chi connectivity index (χ3n) is 4.35. The van der Waals surface area contributed by atoms with Gasteiger partial charge in [-0.1, -0.05) is 12.1 Å². The van der Waals surface area contributed by atoms with Crippen LogP contribution in [-0.2, 0) is 4.79 Å². The van der Waals surface area contributed by atoms with E-state index < -0.39 is 6.10 Å². The Balaban J connectivity index is 1.59. The summed E-state index contributed by atoms with van der Waals surface area (Å²) in [4.78, 5) is 14.7. The fourth-order valence-electron chi connectivity index (χ4n) is 2.93. The summed E-state index contributed by atoms with van der Waals surface area (Å²) in [5.74, 6) is 0.967. The Labute approximate surface area is 148 Å². The quantitative estimate of drug-likeness (QED) is 0.871. The predicted molar refractivity (Wildman–Crippen MR) is 99.6 cm³/mol. The van der Waals surface area contributed by atoms with Crippen molar-refractivity contribution in [3.05, 3.63) is 48.5 Å². The van der Waals surface area contributed by atoms with Gasteiger partial charge in [0.1, 0.15) is 0 Å². The predicted octanol–water partition coefficient (Wildman–Crippen LogP) is 3.70. The Morgan fingerprint density at radius 1 is 1.04 bits per heavy atom. The van der Waals surface area contributed by atoms with E-state index in [1.807, 2.05) is 36.4 Å². The topological polar surface area (TPSA) is 50.8 Å². The number of carbonyl (C=O) groups is 1. The number of benzene rings is 2. The van der Waals surface area contributed by atoms with Crippen molar-refractivity contribution in [2.24, 2.45) is 0 Å². The third-order valence-corrected chi connectivity index (χ3v) is 4.35. The summed E-state index contributed by atoms with van der Waals surface area (Å²) in [5, 5.41) is 2.89. The largest absolute Gasteiger partial charge is 0.493 e. The van der Waals surface area contributed by atoms with E-state index in [-0.39, 0.29) is 5.91 Å². The Kier molecular flexibility index (Phi) is 5.43. The monoisotopic (exact) mass is 340 g/mol. The molecule has 2 aromatic carbocycles. The van der Waals surface area contributed by atoms with Gasteiger partial charge in [-0.15, -0.1) is 0 Å². The molecule has 0 unspecified atom stereocenters. The highest BCUT2D eigenvalue weighted by atomic mass is 16.5. The van der Waals surface area contributed by atoms with Gasteiger partial charge in [0.25, 0.3) is 5.91 Å². The minimum Gasteiger partial charge on any atom is -0.493 e. The molecule has 1 saturated heterocycles.